The van der Waals surface area contributed by atoms with Gasteiger partial charge in [-0.25, -0.2) is 17.7 Å². The molecule has 7 nitrogen and oxygen atoms in total. The molecule has 1 fully saturated rings. The molecule has 1 saturated heterocycles. The van der Waals surface area contributed by atoms with Gasteiger partial charge in [-0.05, 0) is 24.1 Å². The lowest BCUT2D eigenvalue weighted by molar-refractivity contribution is 0.414. The Morgan fingerprint density at radius 2 is 2.08 bits per heavy atom. The zero-order valence-corrected chi connectivity index (χ0v) is 16.0. The van der Waals surface area contributed by atoms with Gasteiger partial charge in [0.15, 0.2) is 0 Å². The molecule has 0 spiro atoms. The summed E-state index contributed by atoms with van der Waals surface area (Å²) in [7, 11) is -1.48. The highest BCUT2D eigenvalue weighted by Crippen LogP contribution is 2.22. The maximum Gasteiger partial charge on any atom is 0.211 e. The van der Waals surface area contributed by atoms with E-state index in [1.165, 1.54) is 22.1 Å². The van der Waals surface area contributed by atoms with Crippen molar-refractivity contribution in [3.05, 3.63) is 35.7 Å². The number of benzene rings is 1. The van der Waals surface area contributed by atoms with Crippen molar-refractivity contribution in [2.45, 2.75) is 12.8 Å². The summed E-state index contributed by atoms with van der Waals surface area (Å²) in [6.45, 7) is 2.48. The zero-order valence-electron chi connectivity index (χ0n) is 14.4. The van der Waals surface area contributed by atoms with Gasteiger partial charge < -0.3 is 9.64 Å². The number of methoxy groups -OCH3 is 1. The highest BCUT2D eigenvalue weighted by molar-refractivity contribution is 7.88. The van der Waals surface area contributed by atoms with Crippen molar-refractivity contribution in [1.29, 1.82) is 0 Å². The summed E-state index contributed by atoms with van der Waals surface area (Å²) < 4.78 is 34.7. The largest absolute Gasteiger partial charge is 0.497 e. The molecule has 0 aliphatic carbocycles. The minimum Gasteiger partial charge on any atom is -0.497 e. The van der Waals surface area contributed by atoms with E-state index in [2.05, 4.69) is 14.3 Å². The molecule has 1 aromatic heterocycles. The number of sulfonamides is 1. The average Bonchev–Trinajstić information content (AvgIpc) is 2.88. The Balaban J connectivity index is 1.67. The van der Waals surface area contributed by atoms with Gasteiger partial charge >= 0.3 is 0 Å². The smallest absolute Gasteiger partial charge is 0.211 e. The monoisotopic (exact) mass is 382 g/mol. The standard InChI is InChI=1S/C16H22N4O3S2/c1-23-14-6-3-5-13(11-14)12-15-17-16(24-18-15)19-7-4-8-20(10-9-19)25(2,21)22/h3,5-6,11H,4,7-10,12H2,1-2H3. The van der Waals surface area contributed by atoms with Crippen LogP contribution in [0.3, 0.4) is 0 Å². The van der Waals surface area contributed by atoms with E-state index in [1.54, 1.807) is 7.11 Å². The number of hydrogen-bond donors (Lipinski definition) is 0. The predicted molar refractivity (Wildman–Crippen MR) is 99.0 cm³/mol. The van der Waals surface area contributed by atoms with E-state index in [0.29, 0.717) is 26.1 Å². The molecule has 2 heterocycles. The Hall–Kier alpha value is -1.71. The molecule has 0 saturated carbocycles. The molecule has 3 rings (SSSR count). The Morgan fingerprint density at radius 3 is 2.84 bits per heavy atom. The second kappa shape index (κ2) is 7.67. The first-order valence-corrected chi connectivity index (χ1v) is 10.7. The molecular weight excluding hydrogens is 360 g/mol. The molecule has 0 bridgehead atoms. The first kappa shape index (κ1) is 18.1. The molecule has 0 amide bonds. The first-order chi connectivity index (χ1) is 12.0. The summed E-state index contributed by atoms with van der Waals surface area (Å²) in [5, 5.41) is 0.855. The maximum atomic E-state index is 11.7. The summed E-state index contributed by atoms with van der Waals surface area (Å²) in [5.74, 6) is 1.60. The van der Waals surface area contributed by atoms with Crippen molar-refractivity contribution in [2.75, 3.05) is 44.4 Å². The Morgan fingerprint density at radius 1 is 1.24 bits per heavy atom. The predicted octanol–water partition coefficient (Wildman–Crippen LogP) is 1.61. The fraction of sp³-hybridized carbons (Fsp3) is 0.500. The van der Waals surface area contributed by atoms with E-state index < -0.39 is 10.0 Å². The van der Waals surface area contributed by atoms with E-state index in [0.717, 1.165) is 35.2 Å². The average molecular weight is 383 g/mol. The SMILES string of the molecule is COc1cccc(Cc2nsc(N3CCCN(S(C)(=O)=O)CC3)n2)c1. The number of anilines is 1. The van der Waals surface area contributed by atoms with Crippen LogP contribution < -0.4 is 9.64 Å². The third-order valence-electron chi connectivity index (χ3n) is 4.15. The van der Waals surface area contributed by atoms with Gasteiger partial charge in [0.05, 0.1) is 13.4 Å². The van der Waals surface area contributed by atoms with Crippen LogP contribution in [0.2, 0.25) is 0 Å². The summed E-state index contributed by atoms with van der Waals surface area (Å²) in [6, 6.07) is 7.87. The van der Waals surface area contributed by atoms with Crippen LogP contribution >= 0.6 is 11.5 Å². The van der Waals surface area contributed by atoms with Crippen molar-refractivity contribution >= 4 is 26.7 Å². The van der Waals surface area contributed by atoms with Crippen LogP contribution in [0, 0.1) is 0 Å². The van der Waals surface area contributed by atoms with Crippen LogP contribution in [0.1, 0.15) is 17.8 Å². The van der Waals surface area contributed by atoms with E-state index in [4.69, 9.17) is 4.74 Å². The van der Waals surface area contributed by atoms with Crippen LogP contribution in [-0.2, 0) is 16.4 Å². The summed E-state index contributed by atoms with van der Waals surface area (Å²) in [5.41, 5.74) is 1.10. The minimum atomic E-state index is -3.13. The molecule has 0 N–H and O–H groups in total. The first-order valence-electron chi connectivity index (χ1n) is 8.11. The molecular formula is C16H22N4O3S2. The summed E-state index contributed by atoms with van der Waals surface area (Å²) in [6.07, 6.45) is 2.70. The van der Waals surface area contributed by atoms with E-state index >= 15 is 0 Å². The van der Waals surface area contributed by atoms with Crippen LogP contribution in [0.5, 0.6) is 5.75 Å². The summed E-state index contributed by atoms with van der Waals surface area (Å²) in [4.78, 5) is 6.76. The maximum absolute atomic E-state index is 11.7. The normalized spacial score (nSPS) is 16.6. The molecule has 136 valence electrons. The molecule has 2 aromatic rings. The fourth-order valence-electron chi connectivity index (χ4n) is 2.83. The second-order valence-corrected chi connectivity index (χ2v) is 8.74. The van der Waals surface area contributed by atoms with Gasteiger partial charge in [0.2, 0.25) is 15.2 Å². The van der Waals surface area contributed by atoms with E-state index in [1.807, 2.05) is 24.3 Å². The molecule has 0 unspecified atom stereocenters. The third kappa shape index (κ3) is 4.68. The summed E-state index contributed by atoms with van der Waals surface area (Å²) >= 11 is 1.37. The number of rotatable bonds is 5. The van der Waals surface area contributed by atoms with Crippen LogP contribution in [0.25, 0.3) is 0 Å². The minimum absolute atomic E-state index is 0.490. The molecule has 1 aromatic carbocycles. The Bertz CT molecular complexity index is 822. The third-order valence-corrected chi connectivity index (χ3v) is 6.27. The van der Waals surface area contributed by atoms with Crippen LogP contribution in [-0.4, -0.2) is 61.6 Å². The van der Waals surface area contributed by atoms with Crippen molar-refractivity contribution in [3.8, 4) is 5.75 Å². The highest BCUT2D eigenvalue weighted by Gasteiger charge is 2.23. The number of hydrogen-bond acceptors (Lipinski definition) is 7. The molecule has 0 radical (unpaired) electrons. The number of aromatic nitrogens is 2. The lowest BCUT2D eigenvalue weighted by Gasteiger charge is -2.19. The molecule has 1 aliphatic heterocycles. The van der Waals surface area contributed by atoms with E-state index in [-0.39, 0.29) is 0 Å². The van der Waals surface area contributed by atoms with Crippen LogP contribution in [0.4, 0.5) is 5.13 Å². The zero-order chi connectivity index (χ0) is 17.9. The van der Waals surface area contributed by atoms with E-state index in [9.17, 15) is 8.42 Å². The fourth-order valence-corrected chi connectivity index (χ4v) is 4.44. The van der Waals surface area contributed by atoms with Gasteiger partial charge in [0.25, 0.3) is 0 Å². The second-order valence-electron chi connectivity index (χ2n) is 6.02. The van der Waals surface area contributed by atoms with Gasteiger partial charge in [-0.2, -0.15) is 4.37 Å². The molecule has 25 heavy (non-hydrogen) atoms. The van der Waals surface area contributed by atoms with Gasteiger partial charge in [-0.3, -0.25) is 0 Å². The van der Waals surface area contributed by atoms with Gasteiger partial charge in [-0.15, -0.1) is 0 Å². The van der Waals surface area contributed by atoms with Gasteiger partial charge in [0.1, 0.15) is 11.6 Å². The Kier molecular flexibility index (Phi) is 5.55. The number of nitrogens with zero attached hydrogens (tertiary/aromatic N) is 4. The Labute approximate surface area is 152 Å². The highest BCUT2D eigenvalue weighted by atomic mass is 32.2. The van der Waals surface area contributed by atoms with Gasteiger partial charge in [-0.1, -0.05) is 12.1 Å². The van der Waals surface area contributed by atoms with Gasteiger partial charge in [0, 0.05) is 44.1 Å². The molecule has 1 aliphatic rings. The molecule has 9 heteroatoms. The lowest BCUT2D eigenvalue weighted by atomic mass is 10.1. The lowest BCUT2D eigenvalue weighted by Crippen LogP contribution is -2.34. The van der Waals surface area contributed by atoms with Crippen LogP contribution in [0.15, 0.2) is 24.3 Å². The van der Waals surface area contributed by atoms with Crippen molar-refractivity contribution in [3.63, 3.8) is 0 Å². The van der Waals surface area contributed by atoms with Crippen molar-refractivity contribution in [2.24, 2.45) is 0 Å². The molecule has 0 atom stereocenters. The topological polar surface area (TPSA) is 75.6 Å². The number of ether oxygens (including phenoxy) is 1. The van der Waals surface area contributed by atoms with Crippen molar-refractivity contribution < 1.29 is 13.2 Å². The quantitative estimate of drug-likeness (QED) is 0.782. The van der Waals surface area contributed by atoms with Crippen molar-refractivity contribution in [1.82, 2.24) is 13.7 Å².